The number of hydrogen-bond donors (Lipinski definition) is 2. The van der Waals surface area contributed by atoms with Crippen LogP contribution in [0.5, 0.6) is 0 Å². The number of aryl methyl sites for hydroxylation is 2. The van der Waals surface area contributed by atoms with Crippen LogP contribution in [0.3, 0.4) is 0 Å². The Morgan fingerprint density at radius 3 is 2.79 bits per heavy atom. The lowest BCUT2D eigenvalue weighted by atomic mass is 10.3. The van der Waals surface area contributed by atoms with Crippen LogP contribution in [0.4, 0.5) is 10.9 Å². The van der Waals surface area contributed by atoms with Gasteiger partial charge in [-0.05, 0) is 25.5 Å². The third-order valence-corrected chi connectivity index (χ3v) is 3.74. The molecule has 0 radical (unpaired) electrons. The topological polar surface area (TPSA) is 75.1 Å². The molecule has 2 N–H and O–H groups in total. The first kappa shape index (κ1) is 13.8. The van der Waals surface area contributed by atoms with Crippen LogP contribution < -0.4 is 5.32 Å². The van der Waals surface area contributed by atoms with E-state index >= 15 is 0 Å². The molecule has 2 aromatic heterocycles. The Kier molecular flexibility index (Phi) is 4.01. The Balaban J connectivity index is 2.28. The highest BCUT2D eigenvalue weighted by molar-refractivity contribution is 7.15. The standard InChI is InChI=1S/C12H12ClN3O2S/c1-3-8-6(2)19-12(14-8)16-9-5-4-7(13)10(15-9)11(17)18/h4-5H,3H2,1-2H3,(H,17,18)(H,14,15,16). The quantitative estimate of drug-likeness (QED) is 0.903. The molecule has 0 unspecified atom stereocenters. The van der Waals surface area contributed by atoms with Gasteiger partial charge in [0.15, 0.2) is 10.8 Å². The molecule has 19 heavy (non-hydrogen) atoms. The maximum absolute atomic E-state index is 10.9. The molecule has 0 aliphatic rings. The van der Waals surface area contributed by atoms with E-state index in [0.29, 0.717) is 10.9 Å². The predicted octanol–water partition coefficient (Wildman–Crippen LogP) is 3.50. The normalized spacial score (nSPS) is 10.5. The molecule has 0 bridgehead atoms. The number of nitrogens with one attached hydrogen (secondary N) is 1. The van der Waals surface area contributed by atoms with Crippen molar-refractivity contribution < 1.29 is 9.90 Å². The summed E-state index contributed by atoms with van der Waals surface area (Å²) in [5.74, 6) is -0.739. The number of carboxylic acids is 1. The van der Waals surface area contributed by atoms with E-state index in [1.54, 1.807) is 6.07 Å². The fourth-order valence-electron chi connectivity index (χ4n) is 1.58. The lowest BCUT2D eigenvalue weighted by Gasteiger charge is -2.04. The number of pyridine rings is 1. The van der Waals surface area contributed by atoms with E-state index in [2.05, 4.69) is 15.3 Å². The zero-order valence-corrected chi connectivity index (χ0v) is 12.0. The molecule has 2 heterocycles. The first-order valence-corrected chi connectivity index (χ1v) is 6.84. The highest BCUT2D eigenvalue weighted by Crippen LogP contribution is 2.26. The maximum Gasteiger partial charge on any atom is 0.356 e. The molecular weight excluding hydrogens is 286 g/mol. The molecule has 100 valence electrons. The average Bonchev–Trinajstić information content (AvgIpc) is 2.71. The zero-order chi connectivity index (χ0) is 14.0. The molecule has 0 saturated heterocycles. The monoisotopic (exact) mass is 297 g/mol. The summed E-state index contributed by atoms with van der Waals surface area (Å²) in [7, 11) is 0. The highest BCUT2D eigenvalue weighted by atomic mass is 35.5. The molecule has 2 aromatic rings. The molecule has 5 nitrogen and oxygen atoms in total. The molecule has 0 fully saturated rings. The van der Waals surface area contributed by atoms with Gasteiger partial charge in [0.05, 0.1) is 10.7 Å². The van der Waals surface area contributed by atoms with Crippen LogP contribution in [0.2, 0.25) is 5.02 Å². The van der Waals surface area contributed by atoms with Gasteiger partial charge >= 0.3 is 5.97 Å². The Morgan fingerprint density at radius 2 is 2.21 bits per heavy atom. The number of nitrogens with zero attached hydrogens (tertiary/aromatic N) is 2. The van der Waals surface area contributed by atoms with E-state index in [4.69, 9.17) is 16.7 Å². The number of aromatic nitrogens is 2. The Bertz CT molecular complexity index is 627. The van der Waals surface area contributed by atoms with Gasteiger partial charge in [0.1, 0.15) is 5.82 Å². The van der Waals surface area contributed by atoms with E-state index in [1.807, 2.05) is 13.8 Å². The third kappa shape index (κ3) is 3.02. The molecule has 2 rings (SSSR count). The van der Waals surface area contributed by atoms with Gasteiger partial charge in [-0.25, -0.2) is 14.8 Å². The lowest BCUT2D eigenvalue weighted by Crippen LogP contribution is -2.04. The fraction of sp³-hybridized carbons (Fsp3) is 0.250. The summed E-state index contributed by atoms with van der Waals surface area (Å²) in [6.07, 6.45) is 0.860. The predicted molar refractivity (Wildman–Crippen MR) is 75.7 cm³/mol. The number of anilines is 2. The molecule has 0 amide bonds. The first-order valence-electron chi connectivity index (χ1n) is 5.64. The molecule has 7 heteroatoms. The summed E-state index contributed by atoms with van der Waals surface area (Å²) in [4.78, 5) is 20.4. The second-order valence-electron chi connectivity index (χ2n) is 3.83. The molecule has 0 atom stereocenters. The third-order valence-electron chi connectivity index (χ3n) is 2.51. The fourth-order valence-corrected chi connectivity index (χ4v) is 2.68. The molecule has 0 aliphatic heterocycles. The smallest absolute Gasteiger partial charge is 0.356 e. The minimum atomic E-state index is -1.15. The van der Waals surface area contributed by atoms with Gasteiger partial charge in [-0.3, -0.25) is 0 Å². The van der Waals surface area contributed by atoms with Gasteiger partial charge in [-0.1, -0.05) is 18.5 Å². The first-order chi connectivity index (χ1) is 9.01. The van der Waals surface area contributed by atoms with Crippen molar-refractivity contribution in [3.05, 3.63) is 33.4 Å². The largest absolute Gasteiger partial charge is 0.476 e. The Morgan fingerprint density at radius 1 is 1.47 bits per heavy atom. The van der Waals surface area contributed by atoms with Crippen molar-refractivity contribution in [2.24, 2.45) is 0 Å². The van der Waals surface area contributed by atoms with E-state index in [-0.39, 0.29) is 10.7 Å². The summed E-state index contributed by atoms with van der Waals surface area (Å²) < 4.78 is 0. The van der Waals surface area contributed by atoms with Crippen LogP contribution >= 0.6 is 22.9 Å². The Hall–Kier alpha value is -1.66. The Labute approximate surface area is 119 Å². The van der Waals surface area contributed by atoms with Gasteiger partial charge < -0.3 is 10.4 Å². The second kappa shape index (κ2) is 5.54. The van der Waals surface area contributed by atoms with Crippen molar-refractivity contribution in [1.82, 2.24) is 9.97 Å². The van der Waals surface area contributed by atoms with Crippen molar-refractivity contribution in [2.75, 3.05) is 5.32 Å². The number of halogens is 1. The van der Waals surface area contributed by atoms with E-state index in [1.165, 1.54) is 17.4 Å². The van der Waals surface area contributed by atoms with Crippen LogP contribution in [0.1, 0.15) is 28.0 Å². The summed E-state index contributed by atoms with van der Waals surface area (Å²) in [6, 6.07) is 3.12. The average molecular weight is 298 g/mol. The minimum Gasteiger partial charge on any atom is -0.476 e. The summed E-state index contributed by atoms with van der Waals surface area (Å²) >= 11 is 7.27. The summed E-state index contributed by atoms with van der Waals surface area (Å²) in [6.45, 7) is 4.04. The molecule has 0 aromatic carbocycles. The van der Waals surface area contributed by atoms with Crippen molar-refractivity contribution >= 4 is 39.9 Å². The van der Waals surface area contributed by atoms with E-state index in [0.717, 1.165) is 17.0 Å². The minimum absolute atomic E-state index is 0.114. The molecule has 0 spiro atoms. The van der Waals surface area contributed by atoms with Gasteiger partial charge in [0.2, 0.25) is 0 Å². The van der Waals surface area contributed by atoms with Crippen LogP contribution in [-0.4, -0.2) is 21.0 Å². The molecule has 0 aliphatic carbocycles. The van der Waals surface area contributed by atoms with Crippen LogP contribution in [0.15, 0.2) is 12.1 Å². The second-order valence-corrected chi connectivity index (χ2v) is 5.44. The SMILES string of the molecule is CCc1nc(Nc2ccc(Cl)c(C(=O)O)n2)sc1C. The number of rotatable bonds is 4. The molecule has 0 saturated carbocycles. The summed E-state index contributed by atoms with van der Waals surface area (Å²) in [5.41, 5.74) is 0.857. The van der Waals surface area contributed by atoms with Crippen LogP contribution in [0.25, 0.3) is 0 Å². The van der Waals surface area contributed by atoms with Crippen molar-refractivity contribution in [1.29, 1.82) is 0 Å². The van der Waals surface area contributed by atoms with Crippen molar-refractivity contribution in [3.8, 4) is 0 Å². The van der Waals surface area contributed by atoms with E-state index in [9.17, 15) is 4.79 Å². The number of carboxylic acid groups (broad SMARTS) is 1. The number of carbonyl (C=O) groups is 1. The van der Waals surface area contributed by atoms with Crippen LogP contribution in [0, 0.1) is 6.92 Å². The van der Waals surface area contributed by atoms with Gasteiger partial charge in [-0.15, -0.1) is 11.3 Å². The number of hydrogen-bond acceptors (Lipinski definition) is 5. The maximum atomic E-state index is 10.9. The van der Waals surface area contributed by atoms with Gasteiger partial charge in [0.25, 0.3) is 0 Å². The van der Waals surface area contributed by atoms with Crippen molar-refractivity contribution in [3.63, 3.8) is 0 Å². The molecular formula is C12H12ClN3O2S. The summed E-state index contributed by atoms with van der Waals surface area (Å²) in [5, 5.41) is 12.8. The van der Waals surface area contributed by atoms with Gasteiger partial charge in [0, 0.05) is 4.88 Å². The van der Waals surface area contributed by atoms with Crippen LogP contribution in [-0.2, 0) is 6.42 Å². The van der Waals surface area contributed by atoms with E-state index < -0.39 is 5.97 Å². The van der Waals surface area contributed by atoms with Gasteiger partial charge in [-0.2, -0.15) is 0 Å². The zero-order valence-electron chi connectivity index (χ0n) is 10.4. The van der Waals surface area contributed by atoms with Crippen molar-refractivity contribution in [2.45, 2.75) is 20.3 Å². The highest BCUT2D eigenvalue weighted by Gasteiger charge is 2.12. The lowest BCUT2D eigenvalue weighted by molar-refractivity contribution is 0.0691. The number of aromatic carboxylic acids is 1. The number of thiazole rings is 1.